The van der Waals surface area contributed by atoms with Crippen LogP contribution in [0, 0.1) is 5.92 Å². The molecule has 0 aliphatic heterocycles. The number of hydrogen-bond acceptors (Lipinski definition) is 2. The first-order valence-electron chi connectivity index (χ1n) is 7.39. The van der Waals surface area contributed by atoms with Crippen LogP contribution in [0.15, 0.2) is 24.3 Å². The van der Waals surface area contributed by atoms with Crippen molar-refractivity contribution in [2.24, 2.45) is 5.92 Å². The Labute approximate surface area is 116 Å². The van der Waals surface area contributed by atoms with Gasteiger partial charge in [-0.05, 0) is 36.3 Å². The molecule has 0 bridgehead atoms. The zero-order valence-electron chi connectivity index (χ0n) is 12.4. The average molecular weight is 262 g/mol. The summed E-state index contributed by atoms with van der Waals surface area (Å²) in [6.45, 7) is 4.44. The van der Waals surface area contributed by atoms with Crippen molar-refractivity contribution in [1.29, 1.82) is 0 Å². The first-order chi connectivity index (χ1) is 9.07. The Morgan fingerprint density at radius 2 is 1.95 bits per heavy atom. The van der Waals surface area contributed by atoms with Gasteiger partial charge in [-0.3, -0.25) is 0 Å². The van der Waals surface area contributed by atoms with Crippen molar-refractivity contribution in [2.45, 2.75) is 57.7 Å². The third kappa shape index (κ3) is 3.18. The highest BCUT2D eigenvalue weighted by molar-refractivity contribution is 5.27. The Bertz CT molecular complexity index is 405. The summed E-state index contributed by atoms with van der Waals surface area (Å²) < 4.78 is 5.69. The maximum atomic E-state index is 10.7. The second-order valence-corrected chi connectivity index (χ2v) is 6.22. The molecule has 19 heavy (non-hydrogen) atoms. The van der Waals surface area contributed by atoms with Gasteiger partial charge in [-0.25, -0.2) is 0 Å². The molecule has 1 unspecified atom stereocenters. The summed E-state index contributed by atoms with van der Waals surface area (Å²) in [6.07, 6.45) is 4.76. The van der Waals surface area contributed by atoms with E-state index in [1.54, 1.807) is 7.11 Å². The normalized spacial score (nSPS) is 19.8. The van der Waals surface area contributed by atoms with E-state index in [0.717, 1.165) is 37.7 Å². The summed E-state index contributed by atoms with van der Waals surface area (Å²) in [6, 6.07) is 8.36. The van der Waals surface area contributed by atoms with E-state index in [1.807, 2.05) is 6.07 Å². The molecule has 1 aromatic rings. The van der Waals surface area contributed by atoms with Crippen LogP contribution in [0.3, 0.4) is 0 Å². The number of methoxy groups -OCH3 is 1. The van der Waals surface area contributed by atoms with Gasteiger partial charge >= 0.3 is 0 Å². The molecule has 1 aliphatic carbocycles. The minimum absolute atomic E-state index is 0.365. The van der Waals surface area contributed by atoms with Gasteiger partial charge in [-0.15, -0.1) is 0 Å². The summed E-state index contributed by atoms with van der Waals surface area (Å²) in [5.74, 6) is 0.634. The van der Waals surface area contributed by atoms with Crippen LogP contribution in [0.2, 0.25) is 0 Å². The Hall–Kier alpha value is -0.860. The van der Waals surface area contributed by atoms with E-state index in [2.05, 4.69) is 32.0 Å². The van der Waals surface area contributed by atoms with Gasteiger partial charge < -0.3 is 9.84 Å². The summed E-state index contributed by atoms with van der Waals surface area (Å²) in [5.41, 5.74) is 1.94. The standard InChI is InChI=1S/C17H26O2/c1-13(2)11-14-7-6-8-15(12-14)16(18)17(19-3)9-4-5-10-17/h6-8,12-13,16,18H,4-5,9-11H2,1-3H3. The summed E-state index contributed by atoms with van der Waals surface area (Å²) in [4.78, 5) is 0. The molecule has 2 rings (SSSR count). The van der Waals surface area contributed by atoms with Gasteiger partial charge in [0.1, 0.15) is 6.10 Å². The largest absolute Gasteiger partial charge is 0.385 e. The zero-order valence-corrected chi connectivity index (χ0v) is 12.4. The van der Waals surface area contributed by atoms with Crippen LogP contribution in [0.4, 0.5) is 0 Å². The number of aliphatic hydroxyl groups excluding tert-OH is 1. The average Bonchev–Trinajstić information content (AvgIpc) is 2.87. The monoisotopic (exact) mass is 262 g/mol. The number of ether oxygens (including phenoxy) is 1. The molecule has 2 heteroatoms. The predicted molar refractivity (Wildman–Crippen MR) is 78.2 cm³/mol. The van der Waals surface area contributed by atoms with Gasteiger partial charge in [-0.2, -0.15) is 0 Å². The lowest BCUT2D eigenvalue weighted by molar-refractivity contribution is -0.100. The molecule has 0 saturated heterocycles. The summed E-state index contributed by atoms with van der Waals surface area (Å²) >= 11 is 0. The number of rotatable bonds is 5. The lowest BCUT2D eigenvalue weighted by Crippen LogP contribution is -2.35. The van der Waals surface area contributed by atoms with Crippen molar-refractivity contribution in [1.82, 2.24) is 0 Å². The molecule has 1 atom stereocenters. The zero-order chi connectivity index (χ0) is 13.9. The van der Waals surface area contributed by atoms with Crippen LogP contribution in [0.1, 0.15) is 56.8 Å². The second kappa shape index (κ2) is 6.06. The number of hydrogen-bond donors (Lipinski definition) is 1. The molecule has 106 valence electrons. The smallest absolute Gasteiger partial charge is 0.108 e. The lowest BCUT2D eigenvalue weighted by Gasteiger charge is -2.33. The predicted octanol–water partition coefficient (Wildman–Crippen LogP) is 3.88. The molecule has 0 aromatic heterocycles. The fraction of sp³-hybridized carbons (Fsp3) is 0.647. The van der Waals surface area contributed by atoms with Gasteiger partial charge in [0.15, 0.2) is 0 Å². The molecule has 1 aliphatic rings. The van der Waals surface area contributed by atoms with Gasteiger partial charge in [0.25, 0.3) is 0 Å². The molecule has 1 aromatic carbocycles. The second-order valence-electron chi connectivity index (χ2n) is 6.22. The number of aliphatic hydroxyl groups is 1. The van der Waals surface area contributed by atoms with Crippen molar-refractivity contribution >= 4 is 0 Å². The molecule has 0 amide bonds. The van der Waals surface area contributed by atoms with Crippen molar-refractivity contribution in [3.8, 4) is 0 Å². The van der Waals surface area contributed by atoms with Gasteiger partial charge in [0.05, 0.1) is 5.60 Å². The maximum absolute atomic E-state index is 10.7. The SMILES string of the molecule is COC1(C(O)c2cccc(CC(C)C)c2)CCCC1. The lowest BCUT2D eigenvalue weighted by atomic mass is 9.88. The molecular weight excluding hydrogens is 236 g/mol. The highest BCUT2D eigenvalue weighted by atomic mass is 16.5. The molecular formula is C17H26O2. The van der Waals surface area contributed by atoms with E-state index in [9.17, 15) is 5.11 Å². The topological polar surface area (TPSA) is 29.5 Å². The van der Waals surface area contributed by atoms with Crippen molar-refractivity contribution in [2.75, 3.05) is 7.11 Å². The van der Waals surface area contributed by atoms with E-state index in [0.29, 0.717) is 5.92 Å². The minimum atomic E-state index is -0.507. The van der Waals surface area contributed by atoms with E-state index >= 15 is 0 Å². The van der Waals surface area contributed by atoms with E-state index in [4.69, 9.17) is 4.74 Å². The van der Waals surface area contributed by atoms with Crippen LogP contribution in [0.5, 0.6) is 0 Å². The molecule has 0 radical (unpaired) electrons. The van der Waals surface area contributed by atoms with E-state index in [-0.39, 0.29) is 5.60 Å². The molecule has 0 heterocycles. The third-order valence-electron chi connectivity index (χ3n) is 4.27. The fourth-order valence-electron chi connectivity index (χ4n) is 3.23. The minimum Gasteiger partial charge on any atom is -0.385 e. The summed E-state index contributed by atoms with van der Waals surface area (Å²) in [5, 5.41) is 10.7. The van der Waals surface area contributed by atoms with Gasteiger partial charge in [0.2, 0.25) is 0 Å². The first kappa shape index (κ1) is 14.5. The Morgan fingerprint density at radius 3 is 2.53 bits per heavy atom. The van der Waals surface area contributed by atoms with E-state index < -0.39 is 6.10 Å². The molecule has 1 fully saturated rings. The fourth-order valence-corrected chi connectivity index (χ4v) is 3.23. The van der Waals surface area contributed by atoms with Gasteiger partial charge in [-0.1, -0.05) is 51.0 Å². The number of benzene rings is 1. The summed E-state index contributed by atoms with van der Waals surface area (Å²) in [7, 11) is 1.73. The first-order valence-corrected chi connectivity index (χ1v) is 7.39. The van der Waals surface area contributed by atoms with Crippen molar-refractivity contribution < 1.29 is 9.84 Å². The van der Waals surface area contributed by atoms with Gasteiger partial charge in [0, 0.05) is 7.11 Å². The van der Waals surface area contributed by atoms with E-state index in [1.165, 1.54) is 5.56 Å². The maximum Gasteiger partial charge on any atom is 0.108 e. The molecule has 0 spiro atoms. The van der Waals surface area contributed by atoms with Crippen molar-refractivity contribution in [3.05, 3.63) is 35.4 Å². The van der Waals surface area contributed by atoms with Crippen LogP contribution in [-0.2, 0) is 11.2 Å². The van der Waals surface area contributed by atoms with Crippen LogP contribution in [0.25, 0.3) is 0 Å². The molecule has 1 N–H and O–H groups in total. The Kier molecular flexibility index (Phi) is 4.64. The molecule has 1 saturated carbocycles. The van der Waals surface area contributed by atoms with Crippen LogP contribution in [-0.4, -0.2) is 17.8 Å². The highest BCUT2D eigenvalue weighted by Gasteiger charge is 2.41. The quantitative estimate of drug-likeness (QED) is 0.872. The Balaban J connectivity index is 2.20. The Morgan fingerprint density at radius 1 is 1.26 bits per heavy atom. The highest BCUT2D eigenvalue weighted by Crippen LogP contribution is 2.42. The van der Waals surface area contributed by atoms with Crippen LogP contribution >= 0.6 is 0 Å². The van der Waals surface area contributed by atoms with Crippen LogP contribution < -0.4 is 0 Å². The van der Waals surface area contributed by atoms with Crippen molar-refractivity contribution in [3.63, 3.8) is 0 Å². The third-order valence-corrected chi connectivity index (χ3v) is 4.27. The molecule has 2 nitrogen and oxygen atoms in total.